The molecule has 3 nitrogen and oxygen atoms in total. The van der Waals surface area contributed by atoms with Crippen molar-refractivity contribution in [3.05, 3.63) is 89.2 Å². The number of carbonyl (C=O) groups is 2. The van der Waals surface area contributed by atoms with Gasteiger partial charge in [-0.2, -0.15) is 0 Å². The lowest BCUT2D eigenvalue weighted by molar-refractivity contribution is -0.144. The molecular formula is C22H18O3. The molecule has 0 saturated heterocycles. The van der Waals surface area contributed by atoms with Gasteiger partial charge in [0.1, 0.15) is 11.5 Å². The molecule has 0 amide bonds. The van der Waals surface area contributed by atoms with Crippen LogP contribution in [0, 0.1) is 5.92 Å². The predicted octanol–water partition coefficient (Wildman–Crippen LogP) is 3.84. The second kappa shape index (κ2) is 5.85. The van der Waals surface area contributed by atoms with Crippen LogP contribution in [0.2, 0.25) is 0 Å². The van der Waals surface area contributed by atoms with Crippen molar-refractivity contribution in [2.24, 2.45) is 5.92 Å². The van der Waals surface area contributed by atoms with Crippen molar-refractivity contribution in [3.8, 4) is 0 Å². The van der Waals surface area contributed by atoms with E-state index in [4.69, 9.17) is 4.74 Å². The van der Waals surface area contributed by atoms with Crippen molar-refractivity contribution in [2.75, 3.05) is 0 Å². The third-order valence-corrected chi connectivity index (χ3v) is 4.98. The van der Waals surface area contributed by atoms with Crippen LogP contribution in [0.4, 0.5) is 0 Å². The van der Waals surface area contributed by atoms with Crippen LogP contribution < -0.4 is 0 Å². The van der Waals surface area contributed by atoms with E-state index < -0.39 is 11.5 Å². The highest BCUT2D eigenvalue weighted by Crippen LogP contribution is 2.49. The number of hydrogen-bond donors (Lipinski definition) is 0. The monoisotopic (exact) mass is 330 g/mol. The van der Waals surface area contributed by atoms with Gasteiger partial charge in [0.25, 0.3) is 0 Å². The molecule has 25 heavy (non-hydrogen) atoms. The van der Waals surface area contributed by atoms with Gasteiger partial charge in [0, 0.05) is 11.6 Å². The fraction of sp³-hybridized carbons (Fsp3) is 0.182. The summed E-state index contributed by atoms with van der Waals surface area (Å²) < 4.78 is 6.15. The first-order valence-electron chi connectivity index (χ1n) is 8.38. The van der Waals surface area contributed by atoms with Gasteiger partial charge in [0.2, 0.25) is 11.4 Å². The van der Waals surface area contributed by atoms with Crippen molar-refractivity contribution >= 4 is 17.6 Å². The standard InChI is InChI=1S/C22H18O3/c1-15(23)20-13-17-9-5-6-10-19(17)22(20)21(24)14-18(25-22)12-11-16-7-3-2-4-8-16/h2-12,14,20H,13H2,1H3/b12-11+. The summed E-state index contributed by atoms with van der Waals surface area (Å²) in [6, 6.07) is 17.5. The van der Waals surface area contributed by atoms with Crippen molar-refractivity contribution in [2.45, 2.75) is 18.9 Å². The summed E-state index contributed by atoms with van der Waals surface area (Å²) in [7, 11) is 0. The highest BCUT2D eigenvalue weighted by atomic mass is 16.5. The molecular weight excluding hydrogens is 312 g/mol. The number of ether oxygens (including phenoxy) is 1. The molecule has 1 spiro atoms. The Hall–Kier alpha value is -2.94. The number of rotatable bonds is 3. The quantitative estimate of drug-likeness (QED) is 0.859. The first-order valence-corrected chi connectivity index (χ1v) is 8.38. The zero-order chi connectivity index (χ0) is 17.4. The Morgan fingerprint density at radius 3 is 2.56 bits per heavy atom. The van der Waals surface area contributed by atoms with Crippen molar-refractivity contribution < 1.29 is 14.3 Å². The summed E-state index contributed by atoms with van der Waals surface area (Å²) in [5.74, 6) is -0.148. The highest BCUT2D eigenvalue weighted by molar-refractivity contribution is 6.05. The smallest absolute Gasteiger partial charge is 0.208 e. The molecule has 2 atom stereocenters. The maximum absolute atomic E-state index is 12.9. The third kappa shape index (κ3) is 2.43. The van der Waals surface area contributed by atoms with Gasteiger partial charge in [-0.15, -0.1) is 0 Å². The molecule has 1 aliphatic carbocycles. The SMILES string of the molecule is CC(=O)C1Cc2ccccc2C12OC(/C=C/c1ccccc1)=CC2=O. The van der Waals surface area contributed by atoms with E-state index in [1.54, 1.807) is 6.08 Å². The van der Waals surface area contributed by atoms with E-state index in [9.17, 15) is 9.59 Å². The Bertz CT molecular complexity index is 908. The molecule has 1 aliphatic heterocycles. The lowest BCUT2D eigenvalue weighted by Gasteiger charge is -2.29. The average Bonchev–Trinajstić information content (AvgIpc) is 3.13. The van der Waals surface area contributed by atoms with E-state index in [0.29, 0.717) is 12.2 Å². The minimum absolute atomic E-state index is 0.0220. The summed E-state index contributed by atoms with van der Waals surface area (Å²) in [6.07, 6.45) is 5.75. The van der Waals surface area contributed by atoms with E-state index in [1.807, 2.05) is 60.7 Å². The van der Waals surface area contributed by atoms with Gasteiger partial charge < -0.3 is 4.74 Å². The van der Waals surface area contributed by atoms with E-state index in [2.05, 4.69) is 0 Å². The minimum atomic E-state index is -1.20. The number of Topliss-reactive ketones (excluding diaryl/α,β-unsaturated/α-hetero) is 1. The Labute approximate surface area is 146 Å². The molecule has 0 radical (unpaired) electrons. The number of allylic oxidation sites excluding steroid dienone is 1. The number of benzene rings is 2. The summed E-state index contributed by atoms with van der Waals surface area (Å²) in [4.78, 5) is 25.1. The normalized spacial score (nSPS) is 24.4. The average molecular weight is 330 g/mol. The van der Waals surface area contributed by atoms with Gasteiger partial charge in [-0.25, -0.2) is 0 Å². The second-order valence-electron chi connectivity index (χ2n) is 6.52. The lowest BCUT2D eigenvalue weighted by Crippen LogP contribution is -2.41. The molecule has 4 rings (SSSR count). The molecule has 0 saturated carbocycles. The van der Waals surface area contributed by atoms with E-state index in [-0.39, 0.29) is 11.6 Å². The second-order valence-corrected chi connectivity index (χ2v) is 6.52. The van der Waals surface area contributed by atoms with Gasteiger partial charge >= 0.3 is 0 Å². The van der Waals surface area contributed by atoms with Crippen molar-refractivity contribution in [1.29, 1.82) is 0 Å². The maximum atomic E-state index is 12.9. The van der Waals surface area contributed by atoms with Gasteiger partial charge in [0.15, 0.2) is 0 Å². The lowest BCUT2D eigenvalue weighted by atomic mass is 9.82. The number of carbonyl (C=O) groups excluding carboxylic acids is 2. The fourth-order valence-electron chi connectivity index (χ4n) is 3.80. The molecule has 0 fully saturated rings. The largest absolute Gasteiger partial charge is 0.473 e. The zero-order valence-electron chi connectivity index (χ0n) is 13.9. The first-order chi connectivity index (χ1) is 12.1. The minimum Gasteiger partial charge on any atom is -0.473 e. The molecule has 124 valence electrons. The molecule has 2 unspecified atom stereocenters. The number of ketones is 2. The van der Waals surface area contributed by atoms with Gasteiger partial charge in [-0.3, -0.25) is 9.59 Å². The van der Waals surface area contributed by atoms with E-state index >= 15 is 0 Å². The molecule has 1 heterocycles. The summed E-state index contributed by atoms with van der Waals surface area (Å²) in [5.41, 5.74) is 1.66. The molecule has 2 aromatic carbocycles. The zero-order valence-corrected chi connectivity index (χ0v) is 13.9. The predicted molar refractivity (Wildman–Crippen MR) is 95.6 cm³/mol. The van der Waals surface area contributed by atoms with Gasteiger partial charge in [0.05, 0.1) is 5.92 Å². The van der Waals surface area contributed by atoms with Gasteiger partial charge in [-0.1, -0.05) is 60.7 Å². The van der Waals surface area contributed by atoms with E-state index in [1.165, 1.54) is 13.0 Å². The van der Waals surface area contributed by atoms with Crippen LogP contribution in [-0.2, 0) is 26.3 Å². The Morgan fingerprint density at radius 2 is 1.80 bits per heavy atom. The van der Waals surface area contributed by atoms with Crippen LogP contribution in [0.1, 0.15) is 23.6 Å². The van der Waals surface area contributed by atoms with Crippen LogP contribution in [0.3, 0.4) is 0 Å². The summed E-state index contributed by atoms with van der Waals surface area (Å²) in [6.45, 7) is 1.53. The molecule has 0 N–H and O–H groups in total. The summed E-state index contributed by atoms with van der Waals surface area (Å²) >= 11 is 0. The van der Waals surface area contributed by atoms with Crippen molar-refractivity contribution in [3.63, 3.8) is 0 Å². The molecule has 0 bridgehead atoms. The van der Waals surface area contributed by atoms with Crippen LogP contribution in [-0.4, -0.2) is 11.6 Å². The summed E-state index contributed by atoms with van der Waals surface area (Å²) in [5, 5.41) is 0. The van der Waals surface area contributed by atoms with Crippen LogP contribution in [0.15, 0.2) is 72.5 Å². The molecule has 2 aliphatic rings. The number of hydrogen-bond acceptors (Lipinski definition) is 3. The topological polar surface area (TPSA) is 43.4 Å². The highest BCUT2D eigenvalue weighted by Gasteiger charge is 2.58. The van der Waals surface area contributed by atoms with Gasteiger partial charge in [-0.05, 0) is 30.5 Å². The van der Waals surface area contributed by atoms with Crippen LogP contribution >= 0.6 is 0 Å². The fourth-order valence-corrected chi connectivity index (χ4v) is 3.80. The molecule has 0 aromatic heterocycles. The Morgan fingerprint density at radius 1 is 1.08 bits per heavy atom. The third-order valence-electron chi connectivity index (χ3n) is 4.98. The Kier molecular flexibility index (Phi) is 3.65. The maximum Gasteiger partial charge on any atom is 0.208 e. The van der Waals surface area contributed by atoms with E-state index in [0.717, 1.165) is 16.7 Å². The molecule has 3 heteroatoms. The number of fused-ring (bicyclic) bond motifs is 2. The van der Waals surface area contributed by atoms with Crippen molar-refractivity contribution in [1.82, 2.24) is 0 Å². The molecule has 2 aromatic rings. The van der Waals surface area contributed by atoms with Crippen LogP contribution in [0.5, 0.6) is 0 Å². The van der Waals surface area contributed by atoms with Crippen LogP contribution in [0.25, 0.3) is 6.08 Å². The first kappa shape index (κ1) is 15.6. The Balaban J connectivity index is 1.70.